The second-order valence-electron chi connectivity index (χ2n) is 4.48. The molecular weight excluding hydrogens is 230 g/mol. The fraction of sp³-hybridized carbons (Fsp3) is 0.500. The predicted molar refractivity (Wildman–Crippen MR) is 69.8 cm³/mol. The first-order valence-electron chi connectivity index (χ1n) is 6.22. The molecule has 1 aromatic carbocycles. The van der Waals surface area contributed by atoms with Gasteiger partial charge in [0.1, 0.15) is 6.29 Å². The summed E-state index contributed by atoms with van der Waals surface area (Å²) in [6.45, 7) is 1.99. The Hall–Kier alpha value is -1.55. The van der Waals surface area contributed by atoms with E-state index in [1.54, 1.807) is 20.3 Å². The lowest BCUT2D eigenvalue weighted by atomic mass is 9.87. The van der Waals surface area contributed by atoms with Crippen molar-refractivity contribution < 1.29 is 14.3 Å². The smallest absolute Gasteiger partial charge is 0.161 e. The van der Waals surface area contributed by atoms with Gasteiger partial charge in [0, 0.05) is 5.56 Å². The largest absolute Gasteiger partial charge is 0.493 e. The van der Waals surface area contributed by atoms with E-state index in [0.29, 0.717) is 23.0 Å². The number of nitrogens with one attached hydrogen (secondary N) is 1. The van der Waals surface area contributed by atoms with Crippen LogP contribution in [0.15, 0.2) is 12.1 Å². The number of hydrogen-bond acceptors (Lipinski definition) is 4. The van der Waals surface area contributed by atoms with Gasteiger partial charge in [-0.05, 0) is 49.5 Å². The first-order chi connectivity index (χ1) is 8.80. The average molecular weight is 249 g/mol. The molecule has 1 saturated heterocycles. The summed E-state index contributed by atoms with van der Waals surface area (Å²) in [4.78, 5) is 11.2. The van der Waals surface area contributed by atoms with Gasteiger partial charge in [-0.3, -0.25) is 4.79 Å². The minimum Gasteiger partial charge on any atom is -0.493 e. The van der Waals surface area contributed by atoms with Gasteiger partial charge < -0.3 is 14.8 Å². The van der Waals surface area contributed by atoms with Crippen LogP contribution >= 0.6 is 0 Å². The highest BCUT2D eigenvalue weighted by Crippen LogP contribution is 2.36. The van der Waals surface area contributed by atoms with Crippen molar-refractivity contribution in [3.05, 3.63) is 23.3 Å². The van der Waals surface area contributed by atoms with Crippen molar-refractivity contribution in [3.8, 4) is 11.5 Å². The summed E-state index contributed by atoms with van der Waals surface area (Å²) in [7, 11) is 3.20. The molecule has 0 aromatic heterocycles. The molecule has 98 valence electrons. The van der Waals surface area contributed by atoms with E-state index < -0.39 is 0 Å². The Morgan fingerprint density at radius 3 is 2.33 bits per heavy atom. The molecule has 1 N–H and O–H groups in total. The molecule has 18 heavy (non-hydrogen) atoms. The van der Waals surface area contributed by atoms with E-state index in [0.717, 1.165) is 37.8 Å². The van der Waals surface area contributed by atoms with Crippen molar-refractivity contribution in [1.82, 2.24) is 5.32 Å². The molecule has 0 radical (unpaired) electrons. The summed E-state index contributed by atoms with van der Waals surface area (Å²) in [5.74, 6) is 1.72. The van der Waals surface area contributed by atoms with E-state index in [4.69, 9.17) is 9.47 Å². The zero-order valence-corrected chi connectivity index (χ0v) is 10.9. The Kier molecular flexibility index (Phi) is 4.20. The molecule has 1 aliphatic rings. The van der Waals surface area contributed by atoms with Crippen molar-refractivity contribution >= 4 is 6.29 Å². The fourth-order valence-electron chi connectivity index (χ4n) is 2.50. The molecule has 1 aromatic rings. The van der Waals surface area contributed by atoms with E-state index in [2.05, 4.69) is 5.32 Å². The van der Waals surface area contributed by atoms with Crippen LogP contribution in [-0.2, 0) is 0 Å². The Bertz CT molecular complexity index is 425. The average Bonchev–Trinajstić information content (AvgIpc) is 2.46. The molecule has 0 atom stereocenters. The Balaban J connectivity index is 2.40. The van der Waals surface area contributed by atoms with Crippen LogP contribution in [0.25, 0.3) is 0 Å². The molecule has 4 nitrogen and oxygen atoms in total. The molecule has 1 heterocycles. The third kappa shape index (κ3) is 2.48. The normalized spacial score (nSPS) is 16.3. The van der Waals surface area contributed by atoms with Gasteiger partial charge in [-0.15, -0.1) is 0 Å². The van der Waals surface area contributed by atoms with E-state index >= 15 is 0 Å². The summed E-state index contributed by atoms with van der Waals surface area (Å²) < 4.78 is 10.5. The van der Waals surface area contributed by atoms with E-state index in [-0.39, 0.29) is 0 Å². The van der Waals surface area contributed by atoms with Crippen molar-refractivity contribution in [3.63, 3.8) is 0 Å². The van der Waals surface area contributed by atoms with Crippen molar-refractivity contribution in [1.29, 1.82) is 0 Å². The quantitative estimate of drug-likeness (QED) is 0.829. The molecular formula is C14H19NO3. The van der Waals surface area contributed by atoms with Gasteiger partial charge in [-0.2, -0.15) is 0 Å². The number of hydrogen-bond donors (Lipinski definition) is 1. The van der Waals surface area contributed by atoms with Crippen LogP contribution in [-0.4, -0.2) is 33.6 Å². The number of benzene rings is 1. The molecule has 0 spiro atoms. The van der Waals surface area contributed by atoms with Crippen LogP contribution in [0, 0.1) is 0 Å². The SMILES string of the molecule is COc1cc(C=O)c(C2CCNCC2)cc1OC. The van der Waals surface area contributed by atoms with Crippen LogP contribution in [0.2, 0.25) is 0 Å². The zero-order chi connectivity index (χ0) is 13.0. The maximum Gasteiger partial charge on any atom is 0.161 e. The van der Waals surface area contributed by atoms with Crippen molar-refractivity contribution in [2.45, 2.75) is 18.8 Å². The van der Waals surface area contributed by atoms with Gasteiger partial charge in [0.05, 0.1) is 14.2 Å². The topological polar surface area (TPSA) is 47.6 Å². The molecule has 0 aliphatic carbocycles. The number of aldehydes is 1. The second-order valence-corrected chi connectivity index (χ2v) is 4.48. The molecule has 0 saturated carbocycles. The number of rotatable bonds is 4. The first kappa shape index (κ1) is 12.9. The minimum atomic E-state index is 0.422. The first-order valence-corrected chi connectivity index (χ1v) is 6.22. The fourth-order valence-corrected chi connectivity index (χ4v) is 2.50. The van der Waals surface area contributed by atoms with Crippen molar-refractivity contribution in [2.75, 3.05) is 27.3 Å². The van der Waals surface area contributed by atoms with E-state index in [1.165, 1.54) is 0 Å². The van der Waals surface area contributed by atoms with E-state index in [9.17, 15) is 4.79 Å². The van der Waals surface area contributed by atoms with Crippen molar-refractivity contribution in [2.24, 2.45) is 0 Å². The number of ether oxygens (including phenoxy) is 2. The van der Waals surface area contributed by atoms with Gasteiger partial charge in [0.15, 0.2) is 11.5 Å². The Morgan fingerprint density at radius 2 is 1.78 bits per heavy atom. The van der Waals surface area contributed by atoms with Crippen LogP contribution in [0.5, 0.6) is 11.5 Å². The monoisotopic (exact) mass is 249 g/mol. The molecule has 4 heteroatoms. The maximum atomic E-state index is 11.2. The molecule has 0 unspecified atom stereocenters. The van der Waals surface area contributed by atoms with E-state index in [1.807, 2.05) is 6.07 Å². The van der Waals surface area contributed by atoms with Crippen LogP contribution in [0.1, 0.15) is 34.7 Å². The summed E-state index contributed by atoms with van der Waals surface area (Å²) in [5, 5.41) is 3.33. The third-order valence-electron chi connectivity index (χ3n) is 3.50. The summed E-state index contributed by atoms with van der Waals surface area (Å²) in [5.41, 5.74) is 1.78. The van der Waals surface area contributed by atoms with Crippen LogP contribution in [0.4, 0.5) is 0 Å². The molecule has 1 fully saturated rings. The summed E-state index contributed by atoms with van der Waals surface area (Å²) in [6, 6.07) is 3.71. The number of carbonyl (C=O) groups excluding carboxylic acids is 1. The van der Waals surface area contributed by atoms with Gasteiger partial charge in [0.2, 0.25) is 0 Å². The molecule has 0 bridgehead atoms. The highest BCUT2D eigenvalue weighted by Gasteiger charge is 2.20. The highest BCUT2D eigenvalue weighted by molar-refractivity contribution is 5.79. The van der Waals surface area contributed by atoms with Gasteiger partial charge in [-0.25, -0.2) is 0 Å². The standard InChI is InChI=1S/C14H19NO3/c1-17-13-7-11(9-16)12(8-14(13)18-2)10-3-5-15-6-4-10/h7-10,15H,3-6H2,1-2H3. The van der Waals surface area contributed by atoms with Gasteiger partial charge in [-0.1, -0.05) is 0 Å². The lowest BCUT2D eigenvalue weighted by Gasteiger charge is -2.25. The minimum absolute atomic E-state index is 0.422. The highest BCUT2D eigenvalue weighted by atomic mass is 16.5. The van der Waals surface area contributed by atoms with Gasteiger partial charge >= 0.3 is 0 Å². The predicted octanol–water partition coefficient (Wildman–Crippen LogP) is 1.98. The lowest BCUT2D eigenvalue weighted by molar-refractivity contribution is 0.112. The van der Waals surface area contributed by atoms with Crippen LogP contribution < -0.4 is 14.8 Å². The zero-order valence-electron chi connectivity index (χ0n) is 10.9. The number of piperidine rings is 1. The van der Waals surface area contributed by atoms with Gasteiger partial charge in [0.25, 0.3) is 0 Å². The maximum absolute atomic E-state index is 11.2. The number of carbonyl (C=O) groups is 1. The summed E-state index contributed by atoms with van der Waals surface area (Å²) in [6.07, 6.45) is 3.01. The Morgan fingerprint density at radius 1 is 1.17 bits per heavy atom. The third-order valence-corrected chi connectivity index (χ3v) is 3.50. The molecule has 2 rings (SSSR count). The second kappa shape index (κ2) is 5.87. The number of methoxy groups -OCH3 is 2. The summed E-state index contributed by atoms with van der Waals surface area (Å²) >= 11 is 0. The van der Waals surface area contributed by atoms with Crippen LogP contribution in [0.3, 0.4) is 0 Å². The Labute approximate surface area is 107 Å². The lowest BCUT2D eigenvalue weighted by Crippen LogP contribution is -2.27. The molecule has 0 amide bonds. The molecule has 1 aliphatic heterocycles.